The molecular formula is C13H24IN5O. The minimum atomic E-state index is -0.132. The van der Waals surface area contributed by atoms with Gasteiger partial charge in [0.15, 0.2) is 11.8 Å². The average Bonchev–Trinajstić information content (AvgIpc) is 2.86. The topological polar surface area (TPSA) is 80.5 Å². The van der Waals surface area contributed by atoms with Crippen LogP contribution in [0.4, 0.5) is 0 Å². The van der Waals surface area contributed by atoms with Crippen LogP contribution < -0.4 is 5.73 Å². The maximum atomic E-state index is 5.98. The molecule has 20 heavy (non-hydrogen) atoms. The molecule has 7 heteroatoms. The zero-order chi connectivity index (χ0) is 13.9. The molecule has 2 heterocycles. The third-order valence-electron chi connectivity index (χ3n) is 3.17. The molecule has 1 saturated heterocycles. The number of halogens is 1. The molecule has 6 nitrogen and oxygen atoms in total. The van der Waals surface area contributed by atoms with E-state index in [-0.39, 0.29) is 29.4 Å². The van der Waals surface area contributed by atoms with E-state index in [1.807, 2.05) is 20.8 Å². The maximum absolute atomic E-state index is 5.98. The van der Waals surface area contributed by atoms with Crippen LogP contribution in [0.1, 0.15) is 51.7 Å². The zero-order valence-electron chi connectivity index (χ0n) is 12.4. The summed E-state index contributed by atoms with van der Waals surface area (Å²) < 4.78 is 5.22. The number of aromatic nitrogens is 2. The Bertz CT molecular complexity index is 446. The minimum Gasteiger partial charge on any atom is -0.370 e. The van der Waals surface area contributed by atoms with Gasteiger partial charge in [0.1, 0.15) is 6.54 Å². The highest BCUT2D eigenvalue weighted by molar-refractivity contribution is 14.0. The molecular weight excluding hydrogens is 369 g/mol. The van der Waals surface area contributed by atoms with Crippen LogP contribution in [-0.2, 0) is 12.0 Å². The molecule has 114 valence electrons. The van der Waals surface area contributed by atoms with Crippen LogP contribution >= 0.6 is 24.0 Å². The van der Waals surface area contributed by atoms with Gasteiger partial charge in [-0.05, 0) is 19.3 Å². The Morgan fingerprint density at radius 3 is 2.50 bits per heavy atom. The molecule has 1 aromatic rings. The standard InChI is InChI=1S/C13H23N5O.HI/c1-13(2,3)11-16-10(17-19-11)9-15-12(14)18-7-5-4-6-8-18;/h4-9H2,1-3H3,(H2,14,15);1H. The summed E-state index contributed by atoms with van der Waals surface area (Å²) in [6.07, 6.45) is 3.66. The van der Waals surface area contributed by atoms with Crippen molar-refractivity contribution in [3.05, 3.63) is 11.7 Å². The van der Waals surface area contributed by atoms with Crippen LogP contribution in [0.25, 0.3) is 0 Å². The van der Waals surface area contributed by atoms with Crippen molar-refractivity contribution >= 4 is 29.9 Å². The van der Waals surface area contributed by atoms with Gasteiger partial charge in [-0.25, -0.2) is 4.99 Å². The summed E-state index contributed by atoms with van der Waals surface area (Å²) in [6, 6.07) is 0. The van der Waals surface area contributed by atoms with Gasteiger partial charge in [-0.15, -0.1) is 24.0 Å². The number of aliphatic imine (C=N–C) groups is 1. The molecule has 2 N–H and O–H groups in total. The minimum absolute atomic E-state index is 0. The lowest BCUT2D eigenvalue weighted by Crippen LogP contribution is -2.40. The number of piperidine rings is 1. The number of hydrogen-bond donors (Lipinski definition) is 1. The van der Waals surface area contributed by atoms with E-state index in [1.54, 1.807) is 0 Å². The third kappa shape index (κ3) is 4.60. The van der Waals surface area contributed by atoms with E-state index in [4.69, 9.17) is 10.3 Å². The van der Waals surface area contributed by atoms with E-state index in [0.29, 0.717) is 24.2 Å². The number of rotatable bonds is 2. The Balaban J connectivity index is 0.00000200. The first-order valence-corrected chi connectivity index (χ1v) is 6.85. The van der Waals surface area contributed by atoms with Gasteiger partial charge in [-0.1, -0.05) is 25.9 Å². The normalized spacial score (nSPS) is 16.9. The van der Waals surface area contributed by atoms with Gasteiger partial charge in [0, 0.05) is 18.5 Å². The number of guanidine groups is 1. The monoisotopic (exact) mass is 393 g/mol. The van der Waals surface area contributed by atoms with Crippen molar-refractivity contribution in [3.63, 3.8) is 0 Å². The summed E-state index contributed by atoms with van der Waals surface area (Å²) in [5.41, 5.74) is 5.85. The number of nitrogens with zero attached hydrogens (tertiary/aromatic N) is 4. The van der Waals surface area contributed by atoms with Gasteiger partial charge >= 0.3 is 0 Å². The second-order valence-corrected chi connectivity index (χ2v) is 5.99. The zero-order valence-corrected chi connectivity index (χ0v) is 14.8. The van der Waals surface area contributed by atoms with Crippen molar-refractivity contribution in [1.82, 2.24) is 15.0 Å². The van der Waals surface area contributed by atoms with Crippen molar-refractivity contribution in [3.8, 4) is 0 Å². The van der Waals surface area contributed by atoms with Gasteiger partial charge in [-0.2, -0.15) is 4.98 Å². The highest BCUT2D eigenvalue weighted by Crippen LogP contribution is 2.19. The average molecular weight is 393 g/mol. The molecule has 1 aliphatic heterocycles. The summed E-state index contributed by atoms with van der Waals surface area (Å²) in [6.45, 7) is 8.48. The molecule has 0 unspecified atom stereocenters. The molecule has 0 saturated carbocycles. The van der Waals surface area contributed by atoms with Crippen molar-refractivity contribution in [2.45, 2.75) is 52.0 Å². The Kier molecular flexibility index (Phi) is 6.22. The van der Waals surface area contributed by atoms with Crippen molar-refractivity contribution < 1.29 is 4.52 Å². The third-order valence-corrected chi connectivity index (χ3v) is 3.17. The predicted molar refractivity (Wildman–Crippen MR) is 89.2 cm³/mol. The van der Waals surface area contributed by atoms with Gasteiger partial charge in [0.2, 0.25) is 5.89 Å². The SMILES string of the molecule is CC(C)(C)c1nc(CN=C(N)N2CCCCC2)no1.I. The van der Waals surface area contributed by atoms with Crippen LogP contribution in [0.2, 0.25) is 0 Å². The van der Waals surface area contributed by atoms with E-state index in [2.05, 4.69) is 20.0 Å². The fourth-order valence-electron chi connectivity index (χ4n) is 2.00. The molecule has 0 aromatic carbocycles. The molecule has 1 aromatic heterocycles. The Hall–Kier alpha value is -0.860. The molecule has 0 spiro atoms. The number of likely N-dealkylation sites (tertiary alicyclic amines) is 1. The lowest BCUT2D eigenvalue weighted by molar-refractivity contribution is 0.318. The Morgan fingerprint density at radius 2 is 1.95 bits per heavy atom. The highest BCUT2D eigenvalue weighted by Gasteiger charge is 2.21. The highest BCUT2D eigenvalue weighted by atomic mass is 127. The first-order chi connectivity index (χ1) is 8.97. The summed E-state index contributed by atoms with van der Waals surface area (Å²) in [5.74, 6) is 1.81. The summed E-state index contributed by atoms with van der Waals surface area (Å²) in [7, 11) is 0. The van der Waals surface area contributed by atoms with E-state index in [1.165, 1.54) is 19.3 Å². The molecule has 1 fully saturated rings. The quantitative estimate of drug-likeness (QED) is 0.474. The van der Waals surface area contributed by atoms with Crippen LogP contribution in [0, 0.1) is 0 Å². The maximum Gasteiger partial charge on any atom is 0.232 e. The molecule has 0 aliphatic carbocycles. The van der Waals surface area contributed by atoms with Crippen LogP contribution in [0.15, 0.2) is 9.52 Å². The molecule has 0 radical (unpaired) electrons. The largest absolute Gasteiger partial charge is 0.370 e. The van der Waals surface area contributed by atoms with Gasteiger partial charge in [0.05, 0.1) is 0 Å². The van der Waals surface area contributed by atoms with E-state index in [0.717, 1.165) is 13.1 Å². The van der Waals surface area contributed by atoms with Crippen LogP contribution in [-0.4, -0.2) is 34.1 Å². The molecule has 0 bridgehead atoms. The fraction of sp³-hybridized carbons (Fsp3) is 0.769. The van der Waals surface area contributed by atoms with E-state index < -0.39 is 0 Å². The summed E-state index contributed by atoms with van der Waals surface area (Å²) >= 11 is 0. The van der Waals surface area contributed by atoms with E-state index >= 15 is 0 Å². The Morgan fingerprint density at radius 1 is 1.30 bits per heavy atom. The fourth-order valence-corrected chi connectivity index (χ4v) is 2.00. The number of nitrogens with two attached hydrogens (primary N) is 1. The second-order valence-electron chi connectivity index (χ2n) is 5.99. The smallest absolute Gasteiger partial charge is 0.232 e. The van der Waals surface area contributed by atoms with Gasteiger partial charge < -0.3 is 15.2 Å². The molecule has 2 rings (SSSR count). The van der Waals surface area contributed by atoms with Crippen molar-refractivity contribution in [1.29, 1.82) is 0 Å². The summed E-state index contributed by atoms with van der Waals surface area (Å²) in [5, 5.41) is 3.93. The first kappa shape index (κ1) is 17.2. The van der Waals surface area contributed by atoms with Gasteiger partial charge in [-0.3, -0.25) is 0 Å². The first-order valence-electron chi connectivity index (χ1n) is 6.85. The van der Waals surface area contributed by atoms with Crippen molar-refractivity contribution in [2.75, 3.05) is 13.1 Å². The second kappa shape index (κ2) is 7.24. The van der Waals surface area contributed by atoms with Crippen molar-refractivity contribution in [2.24, 2.45) is 10.7 Å². The lowest BCUT2D eigenvalue weighted by atomic mass is 9.97. The molecule has 0 atom stereocenters. The summed E-state index contributed by atoms with van der Waals surface area (Å²) in [4.78, 5) is 10.8. The van der Waals surface area contributed by atoms with Crippen LogP contribution in [0.3, 0.4) is 0 Å². The lowest BCUT2D eigenvalue weighted by Gasteiger charge is -2.27. The van der Waals surface area contributed by atoms with Crippen LogP contribution in [0.5, 0.6) is 0 Å². The Labute approximate surface area is 137 Å². The predicted octanol–water partition coefficient (Wildman–Crippen LogP) is 2.29. The van der Waals surface area contributed by atoms with E-state index in [9.17, 15) is 0 Å². The molecule has 0 amide bonds. The number of hydrogen-bond acceptors (Lipinski definition) is 4. The van der Waals surface area contributed by atoms with Gasteiger partial charge in [0.25, 0.3) is 0 Å². The molecule has 1 aliphatic rings.